The molecule has 118 valence electrons. The topological polar surface area (TPSA) is 27.1 Å². The number of hydrogen-bond acceptors (Lipinski definition) is 2. The average molecular weight is 372 g/mol. The third-order valence-corrected chi connectivity index (χ3v) is 3.52. The molecule has 1 aromatic heterocycles. The molecule has 0 aliphatic heterocycles. The summed E-state index contributed by atoms with van der Waals surface area (Å²) >= 11 is 17.3. The van der Waals surface area contributed by atoms with Gasteiger partial charge < -0.3 is 4.74 Å². The Labute approximate surface area is 138 Å². The third kappa shape index (κ3) is 3.34. The summed E-state index contributed by atoms with van der Waals surface area (Å²) < 4.78 is 44.1. The molecule has 0 atom stereocenters. The van der Waals surface area contributed by atoms with E-state index in [0.29, 0.717) is 5.56 Å². The second-order valence-corrected chi connectivity index (χ2v) is 5.15. The van der Waals surface area contributed by atoms with E-state index in [1.807, 2.05) is 0 Å². The summed E-state index contributed by atoms with van der Waals surface area (Å²) in [6, 6.07) is 2.42. The van der Waals surface area contributed by atoms with Crippen LogP contribution in [0.25, 0.3) is 17.3 Å². The van der Waals surface area contributed by atoms with Crippen molar-refractivity contribution in [1.82, 2.24) is 9.78 Å². The quantitative estimate of drug-likeness (QED) is 0.725. The number of rotatable bonds is 4. The van der Waals surface area contributed by atoms with Crippen molar-refractivity contribution < 1.29 is 17.9 Å². The van der Waals surface area contributed by atoms with E-state index in [1.54, 1.807) is 0 Å². The first kappa shape index (κ1) is 17.0. The highest BCUT2D eigenvalue weighted by Crippen LogP contribution is 2.38. The second kappa shape index (κ2) is 6.81. The Morgan fingerprint density at radius 3 is 2.59 bits per heavy atom. The van der Waals surface area contributed by atoms with Crippen LogP contribution in [0.1, 0.15) is 5.56 Å². The third-order valence-electron chi connectivity index (χ3n) is 2.72. The van der Waals surface area contributed by atoms with Crippen LogP contribution in [0.15, 0.2) is 17.7 Å². The Hall–Kier alpha value is -1.37. The highest BCUT2D eigenvalue weighted by atomic mass is 35.5. The largest absolute Gasteiger partial charge is 0.416 e. The van der Waals surface area contributed by atoms with Gasteiger partial charge in [-0.2, -0.15) is 13.9 Å². The molecule has 0 unspecified atom stereocenters. The minimum Gasteiger partial charge on any atom is -0.416 e. The van der Waals surface area contributed by atoms with Gasteiger partial charge in [0.1, 0.15) is 16.5 Å². The van der Waals surface area contributed by atoms with Crippen molar-refractivity contribution in [3.63, 3.8) is 0 Å². The molecule has 0 amide bonds. The molecule has 1 heterocycles. The number of aryl methyl sites for hydroxylation is 1. The number of aromatic nitrogens is 2. The molecular weight excluding hydrogens is 364 g/mol. The summed E-state index contributed by atoms with van der Waals surface area (Å²) in [5, 5.41) is 3.81. The number of alkyl halides is 2. The van der Waals surface area contributed by atoms with Crippen LogP contribution >= 0.6 is 34.8 Å². The molecule has 0 saturated carbocycles. The molecule has 0 N–H and O–H groups in total. The number of benzene rings is 1. The van der Waals surface area contributed by atoms with Crippen LogP contribution in [0.3, 0.4) is 0 Å². The van der Waals surface area contributed by atoms with Gasteiger partial charge in [0.2, 0.25) is 5.88 Å². The molecule has 1 aromatic carbocycles. The van der Waals surface area contributed by atoms with Crippen LogP contribution in [0.2, 0.25) is 10.0 Å². The Bertz CT molecular complexity index is 732. The van der Waals surface area contributed by atoms with Crippen molar-refractivity contribution in [2.75, 3.05) is 0 Å². The van der Waals surface area contributed by atoms with E-state index < -0.39 is 12.4 Å². The van der Waals surface area contributed by atoms with Crippen LogP contribution in [-0.4, -0.2) is 16.4 Å². The van der Waals surface area contributed by atoms with E-state index in [1.165, 1.54) is 24.7 Å². The van der Waals surface area contributed by atoms with E-state index in [4.69, 9.17) is 34.8 Å². The molecule has 0 aliphatic rings. The van der Waals surface area contributed by atoms with Gasteiger partial charge in [0, 0.05) is 18.1 Å². The normalized spacial score (nSPS) is 11.6. The van der Waals surface area contributed by atoms with Gasteiger partial charge >= 0.3 is 6.61 Å². The van der Waals surface area contributed by atoms with Crippen LogP contribution in [0.5, 0.6) is 5.88 Å². The summed E-state index contributed by atoms with van der Waals surface area (Å²) in [5.41, 5.74) is 1.57. The molecule has 0 aliphatic carbocycles. The van der Waals surface area contributed by atoms with Crippen molar-refractivity contribution in [2.24, 2.45) is 7.05 Å². The minimum atomic E-state index is -3.08. The van der Waals surface area contributed by atoms with Crippen LogP contribution in [-0.2, 0) is 7.05 Å². The Morgan fingerprint density at radius 1 is 1.32 bits per heavy atom. The van der Waals surface area contributed by atoms with Gasteiger partial charge in [0.25, 0.3) is 0 Å². The number of ether oxygens (including phenoxy) is 1. The van der Waals surface area contributed by atoms with E-state index in [2.05, 4.69) is 9.84 Å². The molecule has 2 aromatic rings. The van der Waals surface area contributed by atoms with E-state index in [-0.39, 0.29) is 27.2 Å². The van der Waals surface area contributed by atoms with Crippen LogP contribution in [0.4, 0.5) is 13.2 Å². The van der Waals surface area contributed by atoms with Crippen LogP contribution in [0, 0.1) is 5.82 Å². The molecule has 3 nitrogen and oxygen atoms in total. The zero-order valence-corrected chi connectivity index (χ0v) is 13.2. The molecule has 22 heavy (non-hydrogen) atoms. The van der Waals surface area contributed by atoms with E-state index in [9.17, 15) is 13.2 Å². The summed E-state index contributed by atoms with van der Waals surface area (Å²) in [6.45, 7) is -3.08. The Balaban J connectivity index is 2.59. The highest BCUT2D eigenvalue weighted by Gasteiger charge is 2.22. The second-order valence-electron chi connectivity index (χ2n) is 4.12. The molecular formula is C13H8Cl3F3N2O. The summed E-state index contributed by atoms with van der Waals surface area (Å²) in [4.78, 5) is 0. The smallest absolute Gasteiger partial charge is 0.388 e. The molecule has 9 heteroatoms. The molecule has 2 rings (SSSR count). The van der Waals surface area contributed by atoms with Crippen LogP contribution < -0.4 is 4.74 Å². The molecule has 0 radical (unpaired) electrons. The van der Waals surface area contributed by atoms with Gasteiger partial charge in [-0.15, -0.1) is 0 Å². The van der Waals surface area contributed by atoms with Crippen molar-refractivity contribution in [1.29, 1.82) is 0 Å². The number of halogens is 6. The fourth-order valence-corrected chi connectivity index (χ4v) is 2.47. The van der Waals surface area contributed by atoms with Gasteiger partial charge in [0.15, 0.2) is 0 Å². The Morgan fingerprint density at radius 2 is 2.00 bits per heavy atom. The van der Waals surface area contributed by atoms with Gasteiger partial charge in [-0.25, -0.2) is 9.07 Å². The lowest BCUT2D eigenvalue weighted by molar-refractivity contribution is -0.0552. The average Bonchev–Trinajstić information content (AvgIpc) is 2.69. The monoisotopic (exact) mass is 370 g/mol. The van der Waals surface area contributed by atoms with Gasteiger partial charge in [-0.3, -0.25) is 0 Å². The fourth-order valence-electron chi connectivity index (χ4n) is 1.81. The summed E-state index contributed by atoms with van der Waals surface area (Å²) in [5.74, 6) is -1.07. The van der Waals surface area contributed by atoms with Gasteiger partial charge in [-0.1, -0.05) is 34.8 Å². The molecule has 0 bridgehead atoms. The zero-order valence-electron chi connectivity index (χ0n) is 11.0. The minimum absolute atomic E-state index is 0.0149. The predicted octanol–water partition coefficient (Wildman–Crippen LogP) is 5.34. The molecule has 0 fully saturated rings. The van der Waals surface area contributed by atoms with Crippen molar-refractivity contribution in [3.8, 4) is 17.1 Å². The van der Waals surface area contributed by atoms with E-state index >= 15 is 0 Å². The first-order chi connectivity index (χ1) is 10.3. The number of nitrogens with zero attached hydrogens (tertiary/aromatic N) is 2. The SMILES string of the molecule is Cn1nc(-c2cc(C=CCl)c(Cl)cc2F)c(Cl)c1OC(F)F. The zero-order chi connectivity index (χ0) is 16.4. The van der Waals surface area contributed by atoms with Crippen molar-refractivity contribution in [2.45, 2.75) is 6.61 Å². The standard InChI is InChI=1S/C13H8Cl3F3N2O/c1-21-12(22-13(18)19)10(16)11(20-21)7-4-6(2-3-14)8(15)5-9(7)17/h2-5,13H,1H3. The molecule has 0 spiro atoms. The number of hydrogen-bond donors (Lipinski definition) is 0. The van der Waals surface area contributed by atoms with Crippen molar-refractivity contribution >= 4 is 40.9 Å². The maximum absolute atomic E-state index is 14.1. The summed E-state index contributed by atoms with van der Waals surface area (Å²) in [7, 11) is 1.35. The highest BCUT2D eigenvalue weighted by molar-refractivity contribution is 6.35. The molecule has 0 saturated heterocycles. The van der Waals surface area contributed by atoms with Gasteiger partial charge in [0.05, 0.1) is 5.02 Å². The maximum atomic E-state index is 14.1. The first-order valence-electron chi connectivity index (χ1n) is 5.78. The Kier molecular flexibility index (Phi) is 5.26. The lowest BCUT2D eigenvalue weighted by Crippen LogP contribution is -2.06. The lowest BCUT2D eigenvalue weighted by atomic mass is 10.1. The van der Waals surface area contributed by atoms with Gasteiger partial charge in [-0.05, 0) is 23.8 Å². The lowest BCUT2D eigenvalue weighted by Gasteiger charge is -2.05. The first-order valence-corrected chi connectivity index (χ1v) is 6.97. The van der Waals surface area contributed by atoms with Crippen molar-refractivity contribution in [3.05, 3.63) is 39.1 Å². The fraction of sp³-hybridized carbons (Fsp3) is 0.154. The maximum Gasteiger partial charge on any atom is 0.388 e. The van der Waals surface area contributed by atoms with E-state index in [0.717, 1.165) is 10.7 Å². The predicted molar refractivity (Wildman–Crippen MR) is 80.1 cm³/mol. The summed E-state index contributed by atoms with van der Waals surface area (Å²) in [6.07, 6.45) is 1.44.